The molecule has 6 heteroatoms. The molecule has 2 N–H and O–H groups in total. The molecule has 0 aromatic heterocycles. The van der Waals surface area contributed by atoms with Gasteiger partial charge in [-0.1, -0.05) is 18.2 Å². The van der Waals surface area contributed by atoms with Gasteiger partial charge in [0.1, 0.15) is 12.2 Å². The topological polar surface area (TPSA) is 93.1 Å². The van der Waals surface area contributed by atoms with Crippen molar-refractivity contribution in [2.24, 2.45) is 11.8 Å². The molecule has 1 saturated heterocycles. The molecule has 138 valence electrons. The highest BCUT2D eigenvalue weighted by Gasteiger charge is 2.44. The number of hydrogen-bond donors (Lipinski definition) is 2. The van der Waals surface area contributed by atoms with Crippen molar-refractivity contribution < 1.29 is 29.3 Å². The Morgan fingerprint density at radius 2 is 2.20 bits per heavy atom. The van der Waals surface area contributed by atoms with Crippen molar-refractivity contribution in [3.8, 4) is 0 Å². The molecule has 0 aromatic rings. The van der Waals surface area contributed by atoms with Crippen LogP contribution in [-0.2, 0) is 19.1 Å². The Morgan fingerprint density at radius 3 is 2.84 bits per heavy atom. The summed E-state index contributed by atoms with van der Waals surface area (Å²) in [4.78, 5) is 24.2. The van der Waals surface area contributed by atoms with E-state index in [1.807, 2.05) is 13.0 Å². The van der Waals surface area contributed by atoms with E-state index in [4.69, 9.17) is 9.47 Å². The maximum Gasteiger partial charge on any atom is 0.334 e. The zero-order valence-corrected chi connectivity index (χ0v) is 14.7. The molecule has 2 rings (SSSR count). The van der Waals surface area contributed by atoms with Gasteiger partial charge >= 0.3 is 11.9 Å². The predicted octanol–water partition coefficient (Wildman–Crippen LogP) is 1.67. The van der Waals surface area contributed by atoms with E-state index in [9.17, 15) is 19.8 Å². The molecule has 1 aliphatic heterocycles. The van der Waals surface area contributed by atoms with Gasteiger partial charge in [-0.3, -0.25) is 4.79 Å². The van der Waals surface area contributed by atoms with Crippen molar-refractivity contribution in [3.63, 3.8) is 0 Å². The smallest absolute Gasteiger partial charge is 0.334 e. The molecule has 0 amide bonds. The first-order valence-electron chi connectivity index (χ1n) is 8.54. The van der Waals surface area contributed by atoms with Gasteiger partial charge in [-0.25, -0.2) is 4.79 Å². The molecule has 1 heterocycles. The first kappa shape index (κ1) is 19.4. The van der Waals surface area contributed by atoms with Crippen LogP contribution in [0.25, 0.3) is 0 Å². The Hall–Kier alpha value is -1.92. The maximum absolute atomic E-state index is 12.2. The number of ether oxygens (including phenoxy) is 2. The quantitative estimate of drug-likeness (QED) is 0.455. The number of carbonyl (C=O) groups excluding carboxylic acids is 2. The van der Waals surface area contributed by atoms with Gasteiger partial charge in [-0.2, -0.15) is 0 Å². The van der Waals surface area contributed by atoms with Crippen LogP contribution >= 0.6 is 0 Å². The average Bonchev–Trinajstić information content (AvgIpc) is 2.86. The van der Waals surface area contributed by atoms with E-state index >= 15 is 0 Å². The summed E-state index contributed by atoms with van der Waals surface area (Å²) in [5.74, 6) is -2.19. The summed E-state index contributed by atoms with van der Waals surface area (Å²) in [6, 6.07) is 0. The fraction of sp³-hybridized carbons (Fsp3) is 0.579. The van der Waals surface area contributed by atoms with E-state index in [0.29, 0.717) is 12.8 Å². The summed E-state index contributed by atoms with van der Waals surface area (Å²) in [5, 5.41) is 18.7. The lowest BCUT2D eigenvalue weighted by atomic mass is 9.85. The zero-order valence-electron chi connectivity index (χ0n) is 14.7. The molecule has 0 bridgehead atoms. The third kappa shape index (κ3) is 4.58. The molecule has 0 aromatic carbocycles. The fourth-order valence-corrected chi connectivity index (χ4v) is 3.11. The Labute approximate surface area is 147 Å². The third-order valence-electron chi connectivity index (χ3n) is 4.69. The molecule has 1 aliphatic carbocycles. The number of hydrogen-bond acceptors (Lipinski definition) is 6. The van der Waals surface area contributed by atoms with Gasteiger partial charge in [0.2, 0.25) is 0 Å². The van der Waals surface area contributed by atoms with Crippen molar-refractivity contribution in [2.45, 2.75) is 45.3 Å². The van der Waals surface area contributed by atoms with Gasteiger partial charge in [0.05, 0.1) is 25.0 Å². The number of aliphatic hydroxyl groups excluding tert-OH is 2. The highest BCUT2D eigenvalue weighted by Crippen LogP contribution is 2.36. The SMILES string of the molecule is C=C1C(=O)O[C@@H]2/C=C(/CO)CC/C=C(/C)CC(OC(=O)C(C)CO)[C@@H]12. The van der Waals surface area contributed by atoms with E-state index in [1.54, 1.807) is 13.0 Å². The lowest BCUT2D eigenvalue weighted by molar-refractivity contribution is -0.157. The van der Waals surface area contributed by atoms with Gasteiger partial charge in [-0.05, 0) is 38.3 Å². The molecular weight excluding hydrogens is 324 g/mol. The average molecular weight is 350 g/mol. The molecule has 25 heavy (non-hydrogen) atoms. The van der Waals surface area contributed by atoms with Crippen LogP contribution in [0.3, 0.4) is 0 Å². The Bertz CT molecular complexity index is 603. The van der Waals surface area contributed by atoms with Crippen LogP contribution in [0.1, 0.15) is 33.1 Å². The predicted molar refractivity (Wildman–Crippen MR) is 91.4 cm³/mol. The molecule has 1 fully saturated rings. The molecule has 0 spiro atoms. The molecular formula is C19H26O6. The van der Waals surface area contributed by atoms with E-state index in [1.165, 1.54) is 0 Å². The second kappa shape index (κ2) is 8.45. The van der Waals surface area contributed by atoms with Gasteiger partial charge in [0.25, 0.3) is 0 Å². The second-order valence-corrected chi connectivity index (χ2v) is 6.76. The number of fused-ring (bicyclic) bond motifs is 1. The number of carbonyl (C=O) groups is 2. The summed E-state index contributed by atoms with van der Waals surface area (Å²) in [6.45, 7) is 6.91. The van der Waals surface area contributed by atoms with E-state index in [-0.39, 0.29) is 18.8 Å². The highest BCUT2D eigenvalue weighted by molar-refractivity contribution is 5.91. The Balaban J connectivity index is 2.37. The second-order valence-electron chi connectivity index (χ2n) is 6.76. The minimum absolute atomic E-state index is 0.119. The molecule has 0 saturated carbocycles. The van der Waals surface area contributed by atoms with Crippen LogP contribution in [0, 0.1) is 11.8 Å². The van der Waals surface area contributed by atoms with Gasteiger partial charge < -0.3 is 19.7 Å². The van der Waals surface area contributed by atoms with Crippen LogP contribution in [0.4, 0.5) is 0 Å². The monoisotopic (exact) mass is 350 g/mol. The molecule has 4 atom stereocenters. The minimum atomic E-state index is -0.645. The van der Waals surface area contributed by atoms with Gasteiger partial charge in [0.15, 0.2) is 0 Å². The normalized spacial score (nSPS) is 32.6. The molecule has 2 unspecified atom stereocenters. The summed E-state index contributed by atoms with van der Waals surface area (Å²) in [6.07, 6.45) is 4.44. The van der Waals surface area contributed by atoms with E-state index in [0.717, 1.165) is 17.6 Å². The lowest BCUT2D eigenvalue weighted by Gasteiger charge is -2.28. The molecule has 2 aliphatic rings. The Morgan fingerprint density at radius 1 is 1.48 bits per heavy atom. The Kier molecular flexibility index (Phi) is 6.56. The number of aliphatic hydroxyl groups is 2. The van der Waals surface area contributed by atoms with Crippen molar-refractivity contribution in [3.05, 3.63) is 35.5 Å². The van der Waals surface area contributed by atoms with Gasteiger partial charge in [0, 0.05) is 12.0 Å². The van der Waals surface area contributed by atoms with Crippen LogP contribution < -0.4 is 0 Å². The van der Waals surface area contributed by atoms with Crippen LogP contribution in [-0.4, -0.2) is 47.6 Å². The van der Waals surface area contributed by atoms with Gasteiger partial charge in [-0.15, -0.1) is 0 Å². The van der Waals surface area contributed by atoms with E-state index in [2.05, 4.69) is 6.58 Å². The summed E-state index contributed by atoms with van der Waals surface area (Å²) in [5.41, 5.74) is 2.07. The fourth-order valence-electron chi connectivity index (χ4n) is 3.11. The van der Waals surface area contributed by atoms with Crippen molar-refractivity contribution >= 4 is 11.9 Å². The number of rotatable bonds is 4. The summed E-state index contributed by atoms with van der Waals surface area (Å²) < 4.78 is 11.0. The minimum Gasteiger partial charge on any atom is -0.461 e. The zero-order chi connectivity index (χ0) is 18.6. The van der Waals surface area contributed by atoms with Crippen molar-refractivity contribution in [1.29, 1.82) is 0 Å². The van der Waals surface area contributed by atoms with E-state index < -0.39 is 36.0 Å². The van der Waals surface area contributed by atoms with Crippen LogP contribution in [0.5, 0.6) is 0 Å². The number of allylic oxidation sites excluding steroid dienone is 1. The van der Waals surface area contributed by atoms with Crippen molar-refractivity contribution in [2.75, 3.05) is 13.2 Å². The number of esters is 2. The molecule has 6 nitrogen and oxygen atoms in total. The standard InChI is InChI=1S/C19H26O6/c1-11-5-4-6-14(10-21)8-16-17(13(3)19(23)25-16)15(7-11)24-18(22)12(2)9-20/h5,8,12,15-17,20-21H,3-4,6-7,9-10H2,1-2H3/b11-5-,14-8+/t12?,15?,16-,17-/m1/s1. The molecule has 0 radical (unpaired) electrons. The summed E-state index contributed by atoms with van der Waals surface area (Å²) in [7, 11) is 0. The maximum atomic E-state index is 12.2. The summed E-state index contributed by atoms with van der Waals surface area (Å²) >= 11 is 0. The van der Waals surface area contributed by atoms with Crippen LogP contribution in [0.2, 0.25) is 0 Å². The largest absolute Gasteiger partial charge is 0.461 e. The third-order valence-corrected chi connectivity index (χ3v) is 4.69. The van der Waals surface area contributed by atoms with Crippen LogP contribution in [0.15, 0.2) is 35.5 Å². The van der Waals surface area contributed by atoms with Crippen molar-refractivity contribution in [1.82, 2.24) is 0 Å². The first-order valence-corrected chi connectivity index (χ1v) is 8.54. The first-order chi connectivity index (χ1) is 11.9. The lowest BCUT2D eigenvalue weighted by Crippen LogP contribution is -2.35. The highest BCUT2D eigenvalue weighted by atomic mass is 16.6.